The highest BCUT2D eigenvalue weighted by molar-refractivity contribution is 14.0. The number of likely N-dealkylation sites (N-methyl/N-ethyl adjacent to an activating group) is 1. The van der Waals surface area contributed by atoms with Gasteiger partial charge in [-0.15, -0.1) is 24.0 Å². The molecule has 8 heteroatoms. The molecule has 176 valence electrons. The summed E-state index contributed by atoms with van der Waals surface area (Å²) in [6, 6.07) is 8.75. The van der Waals surface area contributed by atoms with E-state index in [0.29, 0.717) is 0 Å². The van der Waals surface area contributed by atoms with Crippen molar-refractivity contribution in [2.75, 3.05) is 66.6 Å². The SMILES string of the molecule is CCNC(=NCC(c1ccc(OC)cc1)N1CCCCC1)NCC1CN(C)CCO1.I. The van der Waals surface area contributed by atoms with E-state index in [9.17, 15) is 0 Å². The zero-order valence-electron chi connectivity index (χ0n) is 19.3. The van der Waals surface area contributed by atoms with E-state index in [1.807, 2.05) is 0 Å². The second-order valence-corrected chi connectivity index (χ2v) is 8.24. The fourth-order valence-electron chi connectivity index (χ4n) is 4.21. The molecule has 2 unspecified atom stereocenters. The van der Waals surface area contributed by atoms with Gasteiger partial charge in [-0.2, -0.15) is 0 Å². The monoisotopic (exact) mass is 545 g/mol. The Balaban J connectivity index is 0.00000341. The number of ether oxygens (including phenoxy) is 2. The molecule has 0 radical (unpaired) electrons. The van der Waals surface area contributed by atoms with Gasteiger partial charge in [-0.1, -0.05) is 18.6 Å². The molecule has 0 spiro atoms. The highest BCUT2D eigenvalue weighted by Gasteiger charge is 2.23. The molecule has 0 saturated carbocycles. The third kappa shape index (κ3) is 8.40. The molecule has 1 aromatic rings. The lowest BCUT2D eigenvalue weighted by Crippen LogP contribution is -2.48. The molecule has 0 aliphatic carbocycles. The van der Waals surface area contributed by atoms with Gasteiger partial charge in [-0.05, 0) is 57.6 Å². The number of benzene rings is 1. The topological polar surface area (TPSA) is 61.4 Å². The summed E-state index contributed by atoms with van der Waals surface area (Å²) in [5, 5.41) is 6.88. The van der Waals surface area contributed by atoms with Gasteiger partial charge >= 0.3 is 0 Å². The van der Waals surface area contributed by atoms with E-state index in [1.165, 1.54) is 24.8 Å². The number of methoxy groups -OCH3 is 1. The van der Waals surface area contributed by atoms with Gasteiger partial charge in [0.15, 0.2) is 5.96 Å². The van der Waals surface area contributed by atoms with Crippen LogP contribution < -0.4 is 15.4 Å². The van der Waals surface area contributed by atoms with E-state index in [0.717, 1.165) is 64.1 Å². The molecule has 0 amide bonds. The number of guanidine groups is 1. The number of piperidine rings is 1. The van der Waals surface area contributed by atoms with Crippen LogP contribution in [0.1, 0.15) is 37.8 Å². The van der Waals surface area contributed by atoms with E-state index in [-0.39, 0.29) is 36.1 Å². The summed E-state index contributed by atoms with van der Waals surface area (Å²) < 4.78 is 11.2. The van der Waals surface area contributed by atoms with Crippen LogP contribution in [0.25, 0.3) is 0 Å². The molecule has 1 aromatic carbocycles. The minimum absolute atomic E-state index is 0. The van der Waals surface area contributed by atoms with Gasteiger partial charge in [0.1, 0.15) is 5.75 Å². The number of rotatable bonds is 8. The number of nitrogens with zero attached hydrogens (tertiary/aromatic N) is 3. The van der Waals surface area contributed by atoms with E-state index in [4.69, 9.17) is 14.5 Å². The third-order valence-electron chi connectivity index (χ3n) is 5.94. The molecule has 2 aliphatic rings. The molecule has 2 fully saturated rings. The number of nitrogens with one attached hydrogen (secondary N) is 2. The maximum Gasteiger partial charge on any atom is 0.191 e. The Hall–Kier alpha value is -1.10. The first-order chi connectivity index (χ1) is 14.7. The average Bonchev–Trinajstić information content (AvgIpc) is 2.78. The largest absolute Gasteiger partial charge is 0.497 e. The lowest BCUT2D eigenvalue weighted by atomic mass is 10.0. The first-order valence-electron chi connectivity index (χ1n) is 11.4. The number of aliphatic imine (C=N–C) groups is 1. The summed E-state index contributed by atoms with van der Waals surface area (Å²) in [5.41, 5.74) is 1.30. The molecule has 2 atom stereocenters. The number of hydrogen-bond acceptors (Lipinski definition) is 5. The Labute approximate surface area is 205 Å². The lowest BCUT2D eigenvalue weighted by Gasteiger charge is -2.34. The average molecular weight is 546 g/mol. The van der Waals surface area contributed by atoms with Crippen molar-refractivity contribution >= 4 is 29.9 Å². The minimum atomic E-state index is 0. The molecule has 7 nitrogen and oxygen atoms in total. The highest BCUT2D eigenvalue weighted by Crippen LogP contribution is 2.26. The highest BCUT2D eigenvalue weighted by atomic mass is 127. The van der Waals surface area contributed by atoms with Crippen LogP contribution in [-0.4, -0.2) is 88.4 Å². The molecule has 2 aliphatic heterocycles. The van der Waals surface area contributed by atoms with Gasteiger partial charge in [-0.3, -0.25) is 9.89 Å². The third-order valence-corrected chi connectivity index (χ3v) is 5.94. The molecule has 0 aromatic heterocycles. The van der Waals surface area contributed by atoms with Crippen LogP contribution in [0.5, 0.6) is 5.75 Å². The maximum absolute atomic E-state index is 5.88. The van der Waals surface area contributed by atoms with Gasteiger partial charge in [-0.25, -0.2) is 0 Å². The second kappa shape index (κ2) is 14.1. The van der Waals surface area contributed by atoms with Crippen molar-refractivity contribution in [1.82, 2.24) is 20.4 Å². The molecule has 31 heavy (non-hydrogen) atoms. The van der Waals surface area contributed by atoms with Crippen LogP contribution >= 0.6 is 24.0 Å². The zero-order chi connectivity index (χ0) is 21.2. The van der Waals surface area contributed by atoms with E-state index in [2.05, 4.69) is 58.7 Å². The fourth-order valence-corrected chi connectivity index (χ4v) is 4.21. The summed E-state index contributed by atoms with van der Waals surface area (Å²) in [4.78, 5) is 9.86. The molecular formula is C23H40IN5O2. The predicted molar refractivity (Wildman–Crippen MR) is 138 cm³/mol. The number of halogens is 1. The maximum atomic E-state index is 5.88. The Bertz CT molecular complexity index is 652. The first-order valence-corrected chi connectivity index (χ1v) is 11.4. The standard InChI is InChI=1S/C23H39N5O2.HI/c1-4-24-23(25-16-21-18-27(2)14-15-30-21)26-17-22(28-12-6-5-7-13-28)19-8-10-20(29-3)11-9-19;/h8-11,21-22H,4-7,12-18H2,1-3H3,(H2,24,25,26);1H. The Morgan fingerprint density at radius 2 is 1.90 bits per heavy atom. The number of hydrogen-bond donors (Lipinski definition) is 2. The van der Waals surface area contributed by atoms with Crippen molar-refractivity contribution in [2.45, 2.75) is 38.3 Å². The molecule has 3 rings (SSSR count). The molecular weight excluding hydrogens is 505 g/mol. The second-order valence-electron chi connectivity index (χ2n) is 8.24. The summed E-state index contributed by atoms with van der Waals surface area (Å²) in [6.07, 6.45) is 4.06. The smallest absolute Gasteiger partial charge is 0.191 e. The van der Waals surface area contributed by atoms with Crippen LogP contribution in [0.15, 0.2) is 29.3 Å². The molecule has 2 saturated heterocycles. The summed E-state index contributed by atoms with van der Waals surface area (Å²) in [7, 11) is 3.86. The lowest BCUT2D eigenvalue weighted by molar-refractivity contribution is -0.0161. The van der Waals surface area contributed by atoms with Gasteiger partial charge in [0.25, 0.3) is 0 Å². The van der Waals surface area contributed by atoms with Crippen molar-refractivity contribution in [1.29, 1.82) is 0 Å². The van der Waals surface area contributed by atoms with E-state index in [1.54, 1.807) is 7.11 Å². The molecule has 2 N–H and O–H groups in total. The van der Waals surface area contributed by atoms with Crippen LogP contribution in [0.4, 0.5) is 0 Å². The first kappa shape index (κ1) is 26.2. The van der Waals surface area contributed by atoms with Crippen LogP contribution in [0.3, 0.4) is 0 Å². The summed E-state index contributed by atoms with van der Waals surface area (Å²) in [6.45, 7) is 9.47. The summed E-state index contributed by atoms with van der Waals surface area (Å²) >= 11 is 0. The number of morpholine rings is 1. The predicted octanol–water partition coefficient (Wildman–Crippen LogP) is 2.73. The molecule has 0 bridgehead atoms. The van der Waals surface area contributed by atoms with E-state index >= 15 is 0 Å². The Morgan fingerprint density at radius 3 is 2.55 bits per heavy atom. The van der Waals surface area contributed by atoms with Crippen molar-refractivity contribution in [3.05, 3.63) is 29.8 Å². The number of likely N-dealkylation sites (tertiary alicyclic amines) is 1. The molecule has 2 heterocycles. The van der Waals surface area contributed by atoms with Gasteiger partial charge in [0.2, 0.25) is 0 Å². The van der Waals surface area contributed by atoms with Crippen molar-refractivity contribution in [3.63, 3.8) is 0 Å². The van der Waals surface area contributed by atoms with Crippen LogP contribution in [-0.2, 0) is 4.74 Å². The van der Waals surface area contributed by atoms with Crippen LogP contribution in [0, 0.1) is 0 Å². The van der Waals surface area contributed by atoms with Gasteiger partial charge < -0.3 is 25.0 Å². The van der Waals surface area contributed by atoms with Crippen LogP contribution in [0.2, 0.25) is 0 Å². The van der Waals surface area contributed by atoms with Gasteiger partial charge in [0, 0.05) is 26.2 Å². The fraction of sp³-hybridized carbons (Fsp3) is 0.696. The quantitative estimate of drug-likeness (QED) is 0.298. The summed E-state index contributed by atoms with van der Waals surface area (Å²) in [5.74, 6) is 1.76. The van der Waals surface area contributed by atoms with Crippen molar-refractivity contribution in [3.8, 4) is 5.75 Å². The normalized spacial score (nSPS) is 21.8. The minimum Gasteiger partial charge on any atom is -0.497 e. The van der Waals surface area contributed by atoms with Crippen molar-refractivity contribution < 1.29 is 9.47 Å². The zero-order valence-corrected chi connectivity index (χ0v) is 21.6. The Morgan fingerprint density at radius 1 is 1.16 bits per heavy atom. The van der Waals surface area contributed by atoms with E-state index < -0.39 is 0 Å². The Kier molecular flexibility index (Phi) is 11.9. The van der Waals surface area contributed by atoms with Crippen molar-refractivity contribution in [2.24, 2.45) is 4.99 Å². The van der Waals surface area contributed by atoms with Gasteiger partial charge in [0.05, 0.1) is 32.4 Å².